The Morgan fingerprint density at radius 2 is 1.73 bits per heavy atom. The molecule has 1 aromatic carbocycles. The Balaban J connectivity index is 1.41. The molecule has 5 heteroatoms. The molecule has 26 heavy (non-hydrogen) atoms. The van der Waals surface area contributed by atoms with Crippen molar-refractivity contribution < 1.29 is 9.59 Å². The van der Waals surface area contributed by atoms with Gasteiger partial charge in [0.15, 0.2) is 0 Å². The molecule has 0 spiro atoms. The van der Waals surface area contributed by atoms with Crippen molar-refractivity contribution in [3.8, 4) is 0 Å². The van der Waals surface area contributed by atoms with E-state index in [1.54, 1.807) is 0 Å². The minimum atomic E-state index is -0.353. The fourth-order valence-electron chi connectivity index (χ4n) is 3.82. The van der Waals surface area contributed by atoms with E-state index in [0.29, 0.717) is 10.9 Å². The molecule has 4 rings (SSSR count). The summed E-state index contributed by atoms with van der Waals surface area (Å²) in [6.07, 6.45) is 7.76. The van der Waals surface area contributed by atoms with Crippen LogP contribution in [0.4, 0.5) is 5.69 Å². The van der Waals surface area contributed by atoms with Crippen LogP contribution in [0.2, 0.25) is 0 Å². The lowest BCUT2D eigenvalue weighted by atomic mass is 9.91. The van der Waals surface area contributed by atoms with Gasteiger partial charge in [0.1, 0.15) is 0 Å². The Morgan fingerprint density at radius 3 is 2.35 bits per heavy atom. The molecule has 0 atom stereocenters. The zero-order chi connectivity index (χ0) is 18.0. The lowest BCUT2D eigenvalue weighted by Crippen LogP contribution is -2.42. The van der Waals surface area contributed by atoms with Gasteiger partial charge in [-0.05, 0) is 54.8 Å². The molecule has 1 aromatic heterocycles. The number of rotatable bonds is 5. The third-order valence-electron chi connectivity index (χ3n) is 5.57. The first-order chi connectivity index (χ1) is 12.7. The summed E-state index contributed by atoms with van der Waals surface area (Å²) < 4.78 is 0. The van der Waals surface area contributed by atoms with Crippen LogP contribution >= 0.6 is 11.3 Å². The van der Waals surface area contributed by atoms with E-state index in [0.717, 1.165) is 36.9 Å². The monoisotopic (exact) mass is 368 g/mol. The van der Waals surface area contributed by atoms with Crippen LogP contribution in [0, 0.1) is 0 Å². The number of thiophene rings is 1. The summed E-state index contributed by atoms with van der Waals surface area (Å²) >= 11 is 1.42. The van der Waals surface area contributed by atoms with E-state index in [-0.39, 0.29) is 17.2 Å². The minimum Gasteiger partial charge on any atom is -0.353 e. The molecule has 0 unspecified atom stereocenters. The van der Waals surface area contributed by atoms with E-state index in [1.165, 1.54) is 30.6 Å². The maximum absolute atomic E-state index is 12.8. The molecule has 0 aliphatic heterocycles. The Bertz CT molecular complexity index is 773. The van der Waals surface area contributed by atoms with Gasteiger partial charge in [-0.2, -0.15) is 0 Å². The first-order valence-electron chi connectivity index (χ1n) is 9.44. The van der Waals surface area contributed by atoms with E-state index < -0.39 is 0 Å². The predicted molar refractivity (Wildman–Crippen MR) is 105 cm³/mol. The average molecular weight is 369 g/mol. The Labute approximate surface area is 158 Å². The van der Waals surface area contributed by atoms with Crippen LogP contribution in [0.25, 0.3) is 0 Å². The molecule has 2 N–H and O–H groups in total. The number of hydrogen-bond acceptors (Lipinski definition) is 3. The average Bonchev–Trinajstić information content (AvgIpc) is 3.29. The second kappa shape index (κ2) is 7.23. The van der Waals surface area contributed by atoms with E-state index in [2.05, 4.69) is 10.6 Å². The lowest BCUT2D eigenvalue weighted by Gasteiger charge is -2.25. The van der Waals surface area contributed by atoms with Crippen molar-refractivity contribution in [3.05, 3.63) is 52.2 Å². The van der Waals surface area contributed by atoms with Crippen molar-refractivity contribution in [2.75, 3.05) is 5.32 Å². The molecule has 2 saturated carbocycles. The predicted octanol–water partition coefficient (Wildman–Crippen LogP) is 4.48. The molecular formula is C21H24N2O2S. The molecular weight excluding hydrogens is 344 g/mol. The topological polar surface area (TPSA) is 58.2 Å². The van der Waals surface area contributed by atoms with Gasteiger partial charge in [0, 0.05) is 11.7 Å². The van der Waals surface area contributed by atoms with Gasteiger partial charge in [-0.15, -0.1) is 11.3 Å². The van der Waals surface area contributed by atoms with Crippen molar-refractivity contribution in [1.82, 2.24) is 5.32 Å². The SMILES string of the molecule is O=C(Nc1ccc(C2(C(=O)NC3CCCCC3)CC2)cc1)c1cccs1. The van der Waals surface area contributed by atoms with Crippen molar-refractivity contribution in [2.45, 2.75) is 56.4 Å². The summed E-state index contributed by atoms with van der Waals surface area (Å²) in [5, 5.41) is 8.08. The van der Waals surface area contributed by atoms with Gasteiger partial charge >= 0.3 is 0 Å². The van der Waals surface area contributed by atoms with Gasteiger partial charge in [0.2, 0.25) is 5.91 Å². The number of nitrogens with one attached hydrogen (secondary N) is 2. The fraction of sp³-hybridized carbons (Fsp3) is 0.429. The van der Waals surface area contributed by atoms with Crippen molar-refractivity contribution in [2.24, 2.45) is 0 Å². The quantitative estimate of drug-likeness (QED) is 0.817. The highest BCUT2D eigenvalue weighted by molar-refractivity contribution is 7.12. The molecule has 2 aromatic rings. The second-order valence-electron chi connectivity index (χ2n) is 7.40. The summed E-state index contributed by atoms with van der Waals surface area (Å²) in [6, 6.07) is 11.8. The van der Waals surface area contributed by atoms with Gasteiger partial charge < -0.3 is 10.6 Å². The maximum Gasteiger partial charge on any atom is 0.265 e. The van der Waals surface area contributed by atoms with E-state index in [4.69, 9.17) is 0 Å². The molecule has 0 saturated heterocycles. The van der Waals surface area contributed by atoms with Crippen molar-refractivity contribution in [1.29, 1.82) is 0 Å². The second-order valence-corrected chi connectivity index (χ2v) is 8.35. The molecule has 2 aliphatic carbocycles. The third-order valence-corrected chi connectivity index (χ3v) is 6.43. The number of carbonyl (C=O) groups is 2. The van der Waals surface area contributed by atoms with Crippen molar-refractivity contribution in [3.63, 3.8) is 0 Å². The maximum atomic E-state index is 12.8. The zero-order valence-corrected chi connectivity index (χ0v) is 15.6. The Morgan fingerprint density at radius 1 is 1.00 bits per heavy atom. The number of amides is 2. The molecule has 4 nitrogen and oxygen atoms in total. The molecule has 0 radical (unpaired) electrons. The highest BCUT2D eigenvalue weighted by Gasteiger charge is 2.51. The van der Waals surface area contributed by atoms with Crippen LogP contribution < -0.4 is 10.6 Å². The largest absolute Gasteiger partial charge is 0.353 e. The summed E-state index contributed by atoms with van der Waals surface area (Å²) in [6.45, 7) is 0. The van der Waals surface area contributed by atoms with Crippen LogP contribution in [-0.4, -0.2) is 17.9 Å². The molecule has 1 heterocycles. The summed E-state index contributed by atoms with van der Waals surface area (Å²) in [4.78, 5) is 25.7. The van der Waals surface area contributed by atoms with Crippen LogP contribution in [-0.2, 0) is 10.2 Å². The number of hydrogen-bond donors (Lipinski definition) is 2. The van der Waals surface area contributed by atoms with Crippen LogP contribution in [0.15, 0.2) is 41.8 Å². The number of benzene rings is 1. The van der Waals surface area contributed by atoms with Gasteiger partial charge in [0.05, 0.1) is 10.3 Å². The highest BCUT2D eigenvalue weighted by atomic mass is 32.1. The van der Waals surface area contributed by atoms with Crippen LogP contribution in [0.3, 0.4) is 0 Å². The molecule has 136 valence electrons. The third kappa shape index (κ3) is 3.54. The van der Waals surface area contributed by atoms with Gasteiger partial charge in [0.25, 0.3) is 5.91 Å². The number of carbonyl (C=O) groups excluding carboxylic acids is 2. The van der Waals surface area contributed by atoms with E-state index in [1.807, 2.05) is 41.8 Å². The summed E-state index contributed by atoms with van der Waals surface area (Å²) in [5.74, 6) is 0.0868. The number of anilines is 1. The molecule has 2 amide bonds. The Hall–Kier alpha value is -2.14. The van der Waals surface area contributed by atoms with Gasteiger partial charge in [-0.1, -0.05) is 37.5 Å². The van der Waals surface area contributed by atoms with Crippen molar-refractivity contribution >= 4 is 28.8 Å². The first-order valence-corrected chi connectivity index (χ1v) is 10.3. The molecule has 0 bridgehead atoms. The van der Waals surface area contributed by atoms with Crippen LogP contribution in [0.1, 0.15) is 60.2 Å². The highest BCUT2D eigenvalue weighted by Crippen LogP contribution is 2.48. The standard InChI is InChI=1S/C21H24N2O2S/c24-19(18-7-4-14-26-18)22-17-10-8-15(9-11-17)21(12-13-21)20(25)23-16-5-2-1-3-6-16/h4,7-11,14,16H,1-3,5-6,12-13H2,(H,22,24)(H,23,25). The van der Waals surface area contributed by atoms with Gasteiger partial charge in [-0.3, -0.25) is 9.59 Å². The van der Waals surface area contributed by atoms with E-state index in [9.17, 15) is 9.59 Å². The molecule has 2 aliphatic rings. The zero-order valence-electron chi connectivity index (χ0n) is 14.8. The lowest BCUT2D eigenvalue weighted by molar-refractivity contribution is -0.124. The van der Waals surface area contributed by atoms with E-state index >= 15 is 0 Å². The Kier molecular flexibility index (Phi) is 4.81. The smallest absolute Gasteiger partial charge is 0.265 e. The fourth-order valence-corrected chi connectivity index (χ4v) is 4.43. The van der Waals surface area contributed by atoms with Gasteiger partial charge in [-0.25, -0.2) is 0 Å². The summed E-state index contributed by atoms with van der Waals surface area (Å²) in [7, 11) is 0. The first kappa shape index (κ1) is 17.3. The molecule has 2 fully saturated rings. The van der Waals surface area contributed by atoms with Crippen LogP contribution in [0.5, 0.6) is 0 Å². The summed E-state index contributed by atoms with van der Waals surface area (Å²) in [5.41, 5.74) is 1.46. The normalized spacial score (nSPS) is 18.9. The minimum absolute atomic E-state index is 0.0936.